The number of anilines is 4. The number of fused-ring (bicyclic) bond motifs is 4. The van der Waals surface area contributed by atoms with E-state index in [0.717, 1.165) is 0 Å². The third-order valence-electron chi connectivity index (χ3n) is 17.8. The van der Waals surface area contributed by atoms with Gasteiger partial charge in [-0.15, -0.1) is 0 Å². The third-order valence-corrected chi connectivity index (χ3v) is 17.8. The monoisotopic (exact) mass is 1510 g/mol. The van der Waals surface area contributed by atoms with Crippen LogP contribution >= 0.6 is 0 Å². The van der Waals surface area contributed by atoms with Crippen molar-refractivity contribution < 1.29 is 110 Å². The number of amides is 8. The van der Waals surface area contributed by atoms with Crippen LogP contribution < -0.4 is 21.3 Å². The van der Waals surface area contributed by atoms with Gasteiger partial charge in [0.05, 0.1) is 145 Å². The number of nitrogens with zero attached hydrogens (tertiary/aromatic N) is 12. The second kappa shape index (κ2) is 31.5. The van der Waals surface area contributed by atoms with Crippen molar-refractivity contribution in [2.24, 2.45) is 10.8 Å². The summed E-state index contributed by atoms with van der Waals surface area (Å²) in [6.45, 7) is 8.80. The average molecular weight is 1510 g/mol. The van der Waals surface area contributed by atoms with Crippen LogP contribution in [-0.2, 0) is 66.6 Å². The molecule has 14 rings (SSSR count). The van der Waals surface area contributed by atoms with Crippen molar-refractivity contribution in [1.82, 2.24) is 58.7 Å². The zero-order chi connectivity index (χ0) is 77.1. The fraction of sp³-hybridized carbons (Fsp3) is 0.343. The average Bonchev–Trinajstić information content (AvgIpc) is 1.75. The minimum atomic E-state index is -1.62. The zero-order valence-corrected chi connectivity index (χ0v) is 56.5. The number of carbonyl (C=O) groups excluding carboxylic acids is 7. The molecule has 0 saturated carbocycles. The number of benzene rings is 4. The lowest BCUT2D eigenvalue weighted by molar-refractivity contribution is -0.0997. The molecule has 28 nitrogen and oxygen atoms in total. The SMILES string of the molecule is CC1(CC(=O)c2cnn3c2CN(C(=O)Nc2cc(F)c(F)c(F)c2)CC3)COC1.CC1(CC(=O)c2cnn3c2CN(C(=O)Nc2cc(F)c(F)c(F)c2)CC3)COC1.COC(=O)c1cnn2c1CN(C(=O)Nc1cc(F)c(F)c(F)c1)CC2.O=C(O)c1cnn2c1CN(C(=O)Nc1cc(F)c(F)c(F)c1)CC2. The van der Waals surface area contributed by atoms with Crippen molar-refractivity contribution in [1.29, 1.82) is 0 Å². The Bertz CT molecular complexity index is 4600. The van der Waals surface area contributed by atoms with Crippen molar-refractivity contribution in [3.63, 3.8) is 0 Å². The molecule has 566 valence electrons. The number of aromatic carboxylic acids is 1. The first kappa shape index (κ1) is 76.3. The van der Waals surface area contributed by atoms with Gasteiger partial charge in [0.1, 0.15) is 11.1 Å². The topological polar surface area (TPSA) is 317 Å². The maximum Gasteiger partial charge on any atom is 0.341 e. The fourth-order valence-electron chi connectivity index (χ4n) is 12.0. The minimum absolute atomic E-state index is 0.0219. The van der Waals surface area contributed by atoms with E-state index in [1.165, 1.54) is 56.2 Å². The molecule has 4 aromatic carbocycles. The van der Waals surface area contributed by atoms with Gasteiger partial charge in [0, 0.05) is 121 Å². The van der Waals surface area contributed by atoms with Crippen molar-refractivity contribution in [3.05, 3.63) is 188 Å². The number of Topliss-reactive ketones (excluding diaryl/α,β-unsaturated/α-hetero) is 2. The van der Waals surface area contributed by atoms with Crippen molar-refractivity contribution in [3.8, 4) is 0 Å². The fourth-order valence-corrected chi connectivity index (χ4v) is 12.0. The summed E-state index contributed by atoms with van der Waals surface area (Å²) in [6, 6.07) is 2.97. The smallest absolute Gasteiger partial charge is 0.341 e. The molecule has 2 saturated heterocycles. The van der Waals surface area contributed by atoms with E-state index < -0.39 is 106 Å². The van der Waals surface area contributed by atoms with Crippen LogP contribution in [0.4, 0.5) is 94.6 Å². The number of urea groups is 4. The second-order valence-corrected chi connectivity index (χ2v) is 25.9. The lowest BCUT2D eigenvalue weighted by Gasteiger charge is -2.37. The number of carboxylic acids is 1. The van der Waals surface area contributed by atoms with E-state index in [1.807, 2.05) is 13.8 Å². The molecule has 0 unspecified atom stereocenters. The summed E-state index contributed by atoms with van der Waals surface area (Å²) in [7, 11) is 1.23. The van der Waals surface area contributed by atoms with Crippen LogP contribution in [0, 0.1) is 80.6 Å². The molecular weight excluding hydrogens is 1450 g/mol. The van der Waals surface area contributed by atoms with E-state index >= 15 is 0 Å². The summed E-state index contributed by atoms with van der Waals surface area (Å²) in [4.78, 5) is 103. The first-order valence-corrected chi connectivity index (χ1v) is 32.3. The highest BCUT2D eigenvalue weighted by molar-refractivity contribution is 5.99. The molecule has 8 amide bonds. The molecule has 0 bridgehead atoms. The molecule has 0 radical (unpaired) electrons. The molecule has 5 N–H and O–H groups in total. The number of ketones is 2. The number of hydrogen-bond acceptors (Lipinski definition) is 15. The molecule has 8 aromatic rings. The van der Waals surface area contributed by atoms with Gasteiger partial charge in [-0.25, -0.2) is 81.5 Å². The van der Waals surface area contributed by atoms with E-state index in [9.17, 15) is 91.0 Å². The number of ether oxygens (including phenoxy) is 3. The second-order valence-electron chi connectivity index (χ2n) is 25.9. The molecule has 40 heteroatoms. The van der Waals surface area contributed by atoms with Gasteiger partial charge in [0.15, 0.2) is 81.4 Å². The van der Waals surface area contributed by atoms with Crippen molar-refractivity contribution >= 4 is 70.4 Å². The first-order valence-electron chi connectivity index (χ1n) is 32.3. The molecule has 4 aromatic heterocycles. The maximum atomic E-state index is 13.4. The lowest BCUT2D eigenvalue weighted by Crippen LogP contribution is -2.42. The van der Waals surface area contributed by atoms with Gasteiger partial charge in [0.25, 0.3) is 0 Å². The normalized spacial score (nSPS) is 15.6. The number of methoxy groups -OCH3 is 1. The number of aromatic nitrogens is 8. The summed E-state index contributed by atoms with van der Waals surface area (Å²) < 4.78 is 180. The van der Waals surface area contributed by atoms with Gasteiger partial charge >= 0.3 is 36.1 Å². The van der Waals surface area contributed by atoms with Crippen LogP contribution in [0.1, 0.15) is 90.9 Å². The Morgan fingerprint density at radius 1 is 0.393 bits per heavy atom. The van der Waals surface area contributed by atoms with Crippen molar-refractivity contribution in [2.75, 3.05) is 81.0 Å². The van der Waals surface area contributed by atoms with Gasteiger partial charge in [-0.2, -0.15) is 20.4 Å². The molecule has 0 aliphatic carbocycles. The summed E-state index contributed by atoms with van der Waals surface area (Å²) in [6.07, 6.45) is 6.22. The predicted octanol–water partition coefficient (Wildman–Crippen LogP) is 10.1. The maximum absolute atomic E-state index is 13.4. The Labute approximate surface area is 596 Å². The zero-order valence-electron chi connectivity index (χ0n) is 56.5. The molecule has 0 spiro atoms. The molecule has 6 aliphatic rings. The Kier molecular flexibility index (Phi) is 22.4. The van der Waals surface area contributed by atoms with E-state index in [4.69, 9.17) is 14.6 Å². The van der Waals surface area contributed by atoms with Gasteiger partial charge in [-0.05, 0) is 0 Å². The summed E-state index contributed by atoms with van der Waals surface area (Å²) in [5.74, 6) is -19.5. The predicted molar refractivity (Wildman–Crippen MR) is 346 cm³/mol. The quantitative estimate of drug-likeness (QED) is 0.0329. The number of carboxylic acid groups (broad SMARTS) is 1. The van der Waals surface area contributed by atoms with Gasteiger partial charge in [-0.1, -0.05) is 13.8 Å². The number of rotatable bonds is 12. The van der Waals surface area contributed by atoms with Crippen molar-refractivity contribution in [2.45, 2.75) is 79.0 Å². The molecular formula is C67H62F12N16O12. The highest BCUT2D eigenvalue weighted by Gasteiger charge is 2.40. The summed E-state index contributed by atoms with van der Waals surface area (Å²) >= 11 is 0. The largest absolute Gasteiger partial charge is 0.478 e. The minimum Gasteiger partial charge on any atom is -0.478 e. The molecule has 10 heterocycles. The van der Waals surface area contributed by atoms with Gasteiger partial charge in [0.2, 0.25) is 0 Å². The number of hydrogen-bond donors (Lipinski definition) is 5. The summed E-state index contributed by atoms with van der Waals surface area (Å²) in [5, 5.41) is 34.8. The van der Waals surface area contributed by atoms with E-state index in [2.05, 4.69) is 46.4 Å². The molecule has 2 fully saturated rings. The Morgan fingerprint density at radius 2 is 0.626 bits per heavy atom. The Morgan fingerprint density at radius 3 is 0.860 bits per heavy atom. The highest BCUT2D eigenvalue weighted by atomic mass is 19.2. The van der Waals surface area contributed by atoms with Crippen LogP contribution in [-0.4, -0.2) is 171 Å². The van der Waals surface area contributed by atoms with Crippen LogP contribution in [0.25, 0.3) is 0 Å². The summed E-state index contributed by atoms with van der Waals surface area (Å²) in [5.41, 5.74) is 1.96. The number of nitrogens with one attached hydrogen (secondary N) is 4. The van der Waals surface area contributed by atoms with Crippen LogP contribution in [0.15, 0.2) is 73.3 Å². The number of esters is 1. The third kappa shape index (κ3) is 17.1. The Hall–Kier alpha value is -11.8. The van der Waals surface area contributed by atoms with E-state index in [-0.39, 0.29) is 102 Å². The number of carbonyl (C=O) groups is 8. The van der Waals surface area contributed by atoms with Crippen LogP contribution in [0.5, 0.6) is 0 Å². The van der Waals surface area contributed by atoms with Crippen LogP contribution in [0.3, 0.4) is 0 Å². The standard InChI is InChI=1S/2C19H19F3N4O3.C15H13F3N4O3.C14H11F3N4O3/c2*1-19(9-29-10-19)6-16(27)12-7-23-26-3-2-25(8-15(12)26)18(28)24-11-4-13(20)17(22)14(21)5-11;1-25-14(23)9-6-19-22-3-2-21(7-12(9)22)15(24)20-8-4-10(16)13(18)11(17)5-8;15-9-3-7(4-10(16)12(9)17)19-14(24)20-1-2-21-11(6-20)8(5-18-21)13(22)23/h2*4-5,7H,2-3,6,8-10H2,1H3,(H,24,28);4-6H,2-3,7H2,1H3,(H,20,24);3-5H,1-2,6H2,(H,19,24)(H,22,23). The first-order chi connectivity index (χ1) is 50.8. The lowest BCUT2D eigenvalue weighted by atomic mass is 9.82. The van der Waals surface area contributed by atoms with E-state index in [1.54, 1.807) is 14.0 Å². The molecule has 6 aliphatic heterocycles. The van der Waals surface area contributed by atoms with Gasteiger partial charge < -0.3 is 60.2 Å². The Balaban J connectivity index is 0.000000143. The van der Waals surface area contributed by atoms with Crippen LogP contribution in [0.2, 0.25) is 0 Å². The van der Waals surface area contributed by atoms with E-state index in [0.29, 0.717) is 154 Å². The van der Waals surface area contributed by atoms with Gasteiger partial charge in [-0.3, -0.25) is 28.3 Å². The molecule has 107 heavy (non-hydrogen) atoms. The highest BCUT2D eigenvalue weighted by Crippen LogP contribution is 2.35. The number of halogens is 12. The molecule has 0 atom stereocenters.